The summed E-state index contributed by atoms with van der Waals surface area (Å²) in [6.45, 7) is 4.81. The molecule has 6 nitrogen and oxygen atoms in total. The molecule has 1 amide bonds. The van der Waals surface area contributed by atoms with Gasteiger partial charge in [0.2, 0.25) is 0 Å². The number of unbranched alkanes of at least 4 members (excludes halogenated alkanes) is 1. The van der Waals surface area contributed by atoms with E-state index in [1.54, 1.807) is 0 Å². The fourth-order valence-corrected chi connectivity index (χ4v) is 1.92. The SMILES string of the molecule is CC(C)CCCCNC(=O)c1cccc(N)c1[N+](=O)[O-]. The first kappa shape index (κ1) is 15.9. The number of hydrogen-bond acceptors (Lipinski definition) is 4. The van der Waals surface area contributed by atoms with Crippen LogP contribution < -0.4 is 11.1 Å². The molecule has 1 aromatic carbocycles. The van der Waals surface area contributed by atoms with Gasteiger partial charge in [-0.3, -0.25) is 14.9 Å². The fraction of sp³-hybridized carbons (Fsp3) is 0.500. The number of nitrogens with zero attached hydrogens (tertiary/aromatic N) is 1. The molecule has 110 valence electrons. The second-order valence-electron chi connectivity index (χ2n) is 5.15. The Morgan fingerprint density at radius 3 is 2.70 bits per heavy atom. The minimum absolute atomic E-state index is 0.00228. The van der Waals surface area contributed by atoms with E-state index in [0.717, 1.165) is 19.3 Å². The molecule has 0 aliphatic carbocycles. The zero-order valence-corrected chi connectivity index (χ0v) is 11.9. The highest BCUT2D eigenvalue weighted by Crippen LogP contribution is 2.25. The van der Waals surface area contributed by atoms with Gasteiger partial charge in [0, 0.05) is 6.54 Å². The van der Waals surface area contributed by atoms with Crippen LogP contribution in [0.3, 0.4) is 0 Å². The van der Waals surface area contributed by atoms with Crippen molar-refractivity contribution in [2.45, 2.75) is 33.1 Å². The summed E-state index contributed by atoms with van der Waals surface area (Å²) in [6, 6.07) is 4.37. The Morgan fingerprint density at radius 2 is 2.10 bits per heavy atom. The first-order valence-electron chi connectivity index (χ1n) is 6.74. The van der Waals surface area contributed by atoms with Gasteiger partial charge < -0.3 is 11.1 Å². The Bertz CT molecular complexity index is 487. The van der Waals surface area contributed by atoms with Crippen LogP contribution in [0.5, 0.6) is 0 Å². The molecule has 0 saturated carbocycles. The summed E-state index contributed by atoms with van der Waals surface area (Å²) in [5.41, 5.74) is 5.24. The number of nitro benzene ring substituents is 1. The topological polar surface area (TPSA) is 98.3 Å². The molecule has 0 aromatic heterocycles. The number of nitrogen functional groups attached to an aromatic ring is 1. The van der Waals surface area contributed by atoms with Crippen LogP contribution in [0.1, 0.15) is 43.5 Å². The quantitative estimate of drug-likeness (QED) is 0.347. The molecular weight excluding hydrogens is 258 g/mol. The number of carbonyl (C=O) groups excluding carboxylic acids is 1. The molecule has 0 atom stereocenters. The lowest BCUT2D eigenvalue weighted by molar-refractivity contribution is -0.384. The lowest BCUT2D eigenvalue weighted by Crippen LogP contribution is -2.25. The lowest BCUT2D eigenvalue weighted by Gasteiger charge is -2.08. The van der Waals surface area contributed by atoms with Gasteiger partial charge in [0.15, 0.2) is 0 Å². The van der Waals surface area contributed by atoms with E-state index in [2.05, 4.69) is 19.2 Å². The van der Waals surface area contributed by atoms with Crippen LogP contribution in [0.25, 0.3) is 0 Å². The fourth-order valence-electron chi connectivity index (χ4n) is 1.92. The van der Waals surface area contributed by atoms with Crippen LogP contribution >= 0.6 is 0 Å². The lowest BCUT2D eigenvalue weighted by atomic mass is 10.1. The van der Waals surface area contributed by atoms with Gasteiger partial charge in [-0.25, -0.2) is 0 Å². The van der Waals surface area contributed by atoms with E-state index >= 15 is 0 Å². The normalized spacial score (nSPS) is 10.6. The first-order chi connectivity index (χ1) is 9.43. The number of nitrogens with two attached hydrogens (primary N) is 1. The third-order valence-corrected chi connectivity index (χ3v) is 2.99. The molecule has 0 radical (unpaired) electrons. The average molecular weight is 279 g/mol. The highest BCUT2D eigenvalue weighted by molar-refractivity contribution is 6.00. The van der Waals surface area contributed by atoms with Crippen molar-refractivity contribution in [2.24, 2.45) is 5.92 Å². The van der Waals surface area contributed by atoms with E-state index in [9.17, 15) is 14.9 Å². The van der Waals surface area contributed by atoms with E-state index in [-0.39, 0.29) is 16.9 Å². The number of benzene rings is 1. The zero-order valence-electron chi connectivity index (χ0n) is 11.9. The second-order valence-corrected chi connectivity index (χ2v) is 5.15. The van der Waals surface area contributed by atoms with Crippen molar-refractivity contribution in [3.05, 3.63) is 33.9 Å². The largest absolute Gasteiger partial charge is 0.393 e. The maximum absolute atomic E-state index is 11.9. The number of rotatable bonds is 7. The molecular formula is C14H21N3O3. The standard InChI is InChI=1S/C14H21N3O3/c1-10(2)6-3-4-9-16-14(18)11-7-5-8-12(15)13(11)17(19)20/h5,7-8,10H,3-4,6,9,15H2,1-2H3,(H,16,18). The summed E-state index contributed by atoms with van der Waals surface area (Å²) < 4.78 is 0. The number of carbonyl (C=O) groups is 1. The summed E-state index contributed by atoms with van der Waals surface area (Å²) >= 11 is 0. The summed E-state index contributed by atoms with van der Waals surface area (Å²) in [7, 11) is 0. The van der Waals surface area contributed by atoms with E-state index < -0.39 is 10.8 Å². The molecule has 0 aliphatic heterocycles. The van der Waals surface area contributed by atoms with Crippen molar-refractivity contribution < 1.29 is 9.72 Å². The highest BCUT2D eigenvalue weighted by atomic mass is 16.6. The number of para-hydroxylation sites is 1. The molecule has 3 N–H and O–H groups in total. The van der Waals surface area contributed by atoms with Gasteiger partial charge in [-0.05, 0) is 24.5 Å². The number of anilines is 1. The van der Waals surface area contributed by atoms with Crippen LogP contribution in [0.4, 0.5) is 11.4 Å². The van der Waals surface area contributed by atoms with Gasteiger partial charge in [-0.15, -0.1) is 0 Å². The molecule has 0 saturated heterocycles. The minimum Gasteiger partial charge on any atom is -0.393 e. The van der Waals surface area contributed by atoms with Crippen molar-refractivity contribution in [2.75, 3.05) is 12.3 Å². The van der Waals surface area contributed by atoms with E-state index in [1.165, 1.54) is 18.2 Å². The molecule has 0 heterocycles. The van der Waals surface area contributed by atoms with Crippen molar-refractivity contribution in [1.29, 1.82) is 0 Å². The van der Waals surface area contributed by atoms with Gasteiger partial charge in [-0.1, -0.05) is 32.8 Å². The molecule has 6 heteroatoms. The Kier molecular flexibility index (Phi) is 5.96. The molecule has 0 unspecified atom stereocenters. The van der Waals surface area contributed by atoms with Crippen LogP contribution in [-0.4, -0.2) is 17.4 Å². The molecule has 20 heavy (non-hydrogen) atoms. The predicted molar refractivity (Wildman–Crippen MR) is 78.5 cm³/mol. The third kappa shape index (κ3) is 4.53. The van der Waals surface area contributed by atoms with E-state index in [0.29, 0.717) is 12.5 Å². The molecule has 0 bridgehead atoms. The predicted octanol–water partition coefficient (Wildman–Crippen LogP) is 2.73. The summed E-state index contributed by atoms with van der Waals surface area (Å²) in [6.07, 6.45) is 2.99. The van der Waals surface area contributed by atoms with Gasteiger partial charge in [0.25, 0.3) is 5.91 Å². The number of amides is 1. The Morgan fingerprint density at radius 1 is 1.40 bits per heavy atom. The monoisotopic (exact) mass is 279 g/mol. The van der Waals surface area contributed by atoms with Gasteiger partial charge in [-0.2, -0.15) is 0 Å². The van der Waals surface area contributed by atoms with Crippen LogP contribution in [-0.2, 0) is 0 Å². The molecule has 0 spiro atoms. The van der Waals surface area contributed by atoms with Crippen LogP contribution in [0, 0.1) is 16.0 Å². The van der Waals surface area contributed by atoms with E-state index in [4.69, 9.17) is 5.73 Å². The highest BCUT2D eigenvalue weighted by Gasteiger charge is 2.22. The Labute approximate surface area is 118 Å². The van der Waals surface area contributed by atoms with Crippen molar-refractivity contribution in [3.63, 3.8) is 0 Å². The van der Waals surface area contributed by atoms with Crippen molar-refractivity contribution in [3.8, 4) is 0 Å². The Hall–Kier alpha value is -2.11. The minimum atomic E-state index is -0.622. The number of hydrogen-bond donors (Lipinski definition) is 2. The van der Waals surface area contributed by atoms with Gasteiger partial charge in [0.1, 0.15) is 11.3 Å². The van der Waals surface area contributed by atoms with Crippen molar-refractivity contribution in [1.82, 2.24) is 5.32 Å². The second kappa shape index (κ2) is 7.47. The van der Waals surface area contributed by atoms with Crippen LogP contribution in [0.2, 0.25) is 0 Å². The van der Waals surface area contributed by atoms with Crippen LogP contribution in [0.15, 0.2) is 18.2 Å². The maximum atomic E-state index is 11.9. The molecule has 1 rings (SSSR count). The van der Waals surface area contributed by atoms with Crippen molar-refractivity contribution >= 4 is 17.3 Å². The molecule has 0 aliphatic rings. The average Bonchev–Trinajstić information content (AvgIpc) is 2.36. The first-order valence-corrected chi connectivity index (χ1v) is 6.74. The smallest absolute Gasteiger partial charge is 0.304 e. The zero-order chi connectivity index (χ0) is 15.1. The summed E-state index contributed by atoms with van der Waals surface area (Å²) in [5.74, 6) is 0.189. The molecule has 1 aromatic rings. The summed E-state index contributed by atoms with van der Waals surface area (Å²) in [5, 5.41) is 13.6. The van der Waals surface area contributed by atoms with Gasteiger partial charge in [0.05, 0.1) is 4.92 Å². The third-order valence-electron chi connectivity index (χ3n) is 2.99. The number of nitro groups is 1. The molecule has 0 fully saturated rings. The van der Waals surface area contributed by atoms with E-state index in [1.807, 2.05) is 0 Å². The Balaban J connectivity index is 2.60. The van der Waals surface area contributed by atoms with Gasteiger partial charge >= 0.3 is 5.69 Å². The number of nitrogens with one attached hydrogen (secondary N) is 1. The maximum Gasteiger partial charge on any atom is 0.304 e. The summed E-state index contributed by atoms with van der Waals surface area (Å²) in [4.78, 5) is 22.3.